The van der Waals surface area contributed by atoms with E-state index in [1.54, 1.807) is 0 Å². The molecule has 3 aromatic rings. The van der Waals surface area contributed by atoms with Crippen LogP contribution in [-0.4, -0.2) is 12.8 Å². The second kappa shape index (κ2) is 5.39. The van der Waals surface area contributed by atoms with Crippen molar-refractivity contribution >= 4 is 21.7 Å². The van der Waals surface area contributed by atoms with E-state index >= 15 is 0 Å². The van der Waals surface area contributed by atoms with Gasteiger partial charge in [0.15, 0.2) is 5.58 Å². The molecule has 4 nitrogen and oxygen atoms in total. The van der Waals surface area contributed by atoms with Crippen molar-refractivity contribution in [2.24, 2.45) is 0 Å². The molecule has 2 heterocycles. The number of nitrogens with one attached hydrogen (secondary N) is 1. The van der Waals surface area contributed by atoms with Gasteiger partial charge in [-0.05, 0) is 36.9 Å². The zero-order valence-corrected chi connectivity index (χ0v) is 13.4. The van der Waals surface area contributed by atoms with Gasteiger partial charge in [0, 0.05) is 5.39 Å². The topological polar surface area (TPSA) is 43.9 Å². The highest BCUT2D eigenvalue weighted by Gasteiger charge is 2.27. The first-order valence-corrected chi connectivity index (χ1v) is 8.14. The molecular weight excluding hydrogens is 290 g/mol. The van der Waals surface area contributed by atoms with E-state index in [2.05, 4.69) is 13.8 Å². The number of hydrogen-bond acceptors (Lipinski definition) is 3. The minimum Gasteiger partial charge on any atom is -0.445 e. The van der Waals surface area contributed by atoms with E-state index in [4.69, 9.17) is 9.15 Å². The number of ether oxygens (including phenoxy) is 1. The molecule has 0 saturated carbocycles. The summed E-state index contributed by atoms with van der Waals surface area (Å²) in [6.07, 6.45) is 1.09. The fraction of sp³-hybridized carbons (Fsp3) is 0.316. The summed E-state index contributed by atoms with van der Waals surface area (Å²) in [6, 6.07) is 12.1. The fourth-order valence-corrected chi connectivity index (χ4v) is 3.34. The highest BCUT2D eigenvalue weighted by Crippen LogP contribution is 2.32. The second-order valence-electron chi connectivity index (χ2n) is 6.29. The standard InChI is InChI=1S/C19H19NO3/c1-3-12(2)20-10-16-17(22-11-20)9-8-14-13-6-4-5-7-15(13)19(21)23-18(14)16/h4-9,12H,3,10-11H2,1-2H3/p+1/t12-/m1/s1. The molecule has 23 heavy (non-hydrogen) atoms. The van der Waals surface area contributed by atoms with E-state index in [1.165, 1.54) is 4.90 Å². The molecule has 4 rings (SSSR count). The summed E-state index contributed by atoms with van der Waals surface area (Å²) in [5.74, 6) is 0.836. The van der Waals surface area contributed by atoms with Crippen LogP contribution in [0.25, 0.3) is 21.7 Å². The van der Waals surface area contributed by atoms with Gasteiger partial charge in [0.25, 0.3) is 0 Å². The van der Waals surface area contributed by atoms with E-state index < -0.39 is 0 Å². The van der Waals surface area contributed by atoms with Gasteiger partial charge in [-0.1, -0.05) is 25.1 Å². The molecule has 0 fully saturated rings. The van der Waals surface area contributed by atoms with Crippen LogP contribution in [0.4, 0.5) is 0 Å². The van der Waals surface area contributed by atoms with E-state index in [-0.39, 0.29) is 5.63 Å². The molecule has 0 bridgehead atoms. The predicted molar refractivity (Wildman–Crippen MR) is 89.9 cm³/mol. The molecular formula is C19H20NO3+. The van der Waals surface area contributed by atoms with Crippen molar-refractivity contribution in [1.82, 2.24) is 0 Å². The van der Waals surface area contributed by atoms with Crippen molar-refractivity contribution in [3.8, 4) is 5.75 Å². The van der Waals surface area contributed by atoms with Crippen molar-refractivity contribution < 1.29 is 14.1 Å². The minimum absolute atomic E-state index is 0.280. The smallest absolute Gasteiger partial charge is 0.344 e. The normalized spacial score (nSPS) is 18.6. The van der Waals surface area contributed by atoms with Crippen LogP contribution in [0.1, 0.15) is 25.8 Å². The maximum absolute atomic E-state index is 12.3. The largest absolute Gasteiger partial charge is 0.445 e. The molecule has 1 aromatic heterocycles. The fourth-order valence-electron chi connectivity index (χ4n) is 3.34. The number of rotatable bonds is 2. The zero-order valence-electron chi connectivity index (χ0n) is 13.4. The van der Waals surface area contributed by atoms with Gasteiger partial charge in [-0.3, -0.25) is 4.90 Å². The van der Waals surface area contributed by atoms with Gasteiger partial charge in [0.05, 0.1) is 17.0 Å². The molecule has 2 aromatic carbocycles. The Morgan fingerprint density at radius 3 is 2.70 bits per heavy atom. The van der Waals surface area contributed by atoms with Crippen LogP contribution in [0.15, 0.2) is 45.6 Å². The Bertz CT molecular complexity index is 944. The van der Waals surface area contributed by atoms with Gasteiger partial charge in [0.1, 0.15) is 12.3 Å². The van der Waals surface area contributed by atoms with Crippen LogP contribution >= 0.6 is 0 Å². The third-order valence-electron chi connectivity index (χ3n) is 4.98. The van der Waals surface area contributed by atoms with Crippen molar-refractivity contribution in [2.45, 2.75) is 32.9 Å². The quantitative estimate of drug-likeness (QED) is 0.584. The number of benzene rings is 2. The van der Waals surface area contributed by atoms with E-state index in [0.29, 0.717) is 23.7 Å². The lowest BCUT2D eigenvalue weighted by Gasteiger charge is -2.30. The van der Waals surface area contributed by atoms with Gasteiger partial charge >= 0.3 is 5.63 Å². The van der Waals surface area contributed by atoms with Crippen LogP contribution in [0.2, 0.25) is 0 Å². The summed E-state index contributed by atoms with van der Waals surface area (Å²) in [5.41, 5.74) is 1.40. The summed E-state index contributed by atoms with van der Waals surface area (Å²) in [4.78, 5) is 13.7. The SMILES string of the molecule is CC[C@@H](C)[NH+]1COc2ccc3c(oc(=O)c4ccccc43)c2C1. The van der Waals surface area contributed by atoms with Crippen molar-refractivity contribution in [3.63, 3.8) is 0 Å². The van der Waals surface area contributed by atoms with Crippen LogP contribution in [-0.2, 0) is 6.54 Å². The first-order valence-electron chi connectivity index (χ1n) is 8.14. The molecule has 0 spiro atoms. The van der Waals surface area contributed by atoms with Gasteiger partial charge in [-0.2, -0.15) is 0 Å². The average molecular weight is 310 g/mol. The van der Waals surface area contributed by atoms with Crippen molar-refractivity contribution in [3.05, 3.63) is 52.4 Å². The predicted octanol–water partition coefficient (Wildman–Crippen LogP) is 2.48. The zero-order chi connectivity index (χ0) is 16.0. The Kier molecular flexibility index (Phi) is 3.34. The van der Waals surface area contributed by atoms with E-state index in [9.17, 15) is 4.79 Å². The van der Waals surface area contributed by atoms with Gasteiger partial charge in [0.2, 0.25) is 6.73 Å². The van der Waals surface area contributed by atoms with Crippen LogP contribution in [0.3, 0.4) is 0 Å². The third kappa shape index (κ3) is 2.21. The molecule has 1 N–H and O–H groups in total. The molecule has 4 heteroatoms. The summed E-state index contributed by atoms with van der Waals surface area (Å²) in [5, 5.41) is 2.55. The van der Waals surface area contributed by atoms with E-state index in [0.717, 1.165) is 35.1 Å². The number of hydrogen-bond donors (Lipinski definition) is 1. The molecule has 118 valence electrons. The van der Waals surface area contributed by atoms with Crippen LogP contribution in [0.5, 0.6) is 5.75 Å². The Balaban J connectivity index is 1.97. The molecule has 0 saturated heterocycles. The lowest BCUT2D eigenvalue weighted by Crippen LogP contribution is -3.15. The minimum atomic E-state index is -0.280. The maximum atomic E-state index is 12.3. The molecule has 0 radical (unpaired) electrons. The molecule has 1 unspecified atom stereocenters. The highest BCUT2D eigenvalue weighted by atomic mass is 16.5. The summed E-state index contributed by atoms with van der Waals surface area (Å²) in [7, 11) is 0. The number of fused-ring (bicyclic) bond motifs is 5. The average Bonchev–Trinajstić information content (AvgIpc) is 2.60. The molecule has 0 amide bonds. The Morgan fingerprint density at radius 2 is 1.91 bits per heavy atom. The van der Waals surface area contributed by atoms with Gasteiger partial charge in [-0.15, -0.1) is 0 Å². The van der Waals surface area contributed by atoms with Crippen LogP contribution in [0, 0.1) is 0 Å². The maximum Gasteiger partial charge on any atom is 0.344 e. The lowest BCUT2D eigenvalue weighted by molar-refractivity contribution is -0.954. The lowest BCUT2D eigenvalue weighted by atomic mass is 10.0. The second-order valence-corrected chi connectivity index (χ2v) is 6.29. The monoisotopic (exact) mass is 310 g/mol. The van der Waals surface area contributed by atoms with Crippen LogP contribution < -0.4 is 15.3 Å². The summed E-state index contributed by atoms with van der Waals surface area (Å²) < 4.78 is 11.6. The molecule has 0 aliphatic carbocycles. The van der Waals surface area contributed by atoms with Gasteiger partial charge < -0.3 is 9.15 Å². The first kappa shape index (κ1) is 14.3. The first-order chi connectivity index (χ1) is 11.2. The summed E-state index contributed by atoms with van der Waals surface area (Å²) >= 11 is 0. The molecule has 1 aliphatic rings. The van der Waals surface area contributed by atoms with Crippen molar-refractivity contribution in [2.75, 3.05) is 6.73 Å². The molecule has 1 aliphatic heterocycles. The van der Waals surface area contributed by atoms with Crippen molar-refractivity contribution in [1.29, 1.82) is 0 Å². The molecule has 2 atom stereocenters. The Hall–Kier alpha value is -2.33. The highest BCUT2D eigenvalue weighted by molar-refractivity contribution is 6.05. The van der Waals surface area contributed by atoms with Gasteiger partial charge in [-0.25, -0.2) is 4.79 Å². The Labute approximate surface area is 134 Å². The summed E-state index contributed by atoms with van der Waals surface area (Å²) in [6.45, 7) is 5.89. The third-order valence-corrected chi connectivity index (χ3v) is 4.98. The Morgan fingerprint density at radius 1 is 1.13 bits per heavy atom. The number of quaternary nitrogens is 1. The van der Waals surface area contributed by atoms with E-state index in [1.807, 2.05) is 36.4 Å².